The van der Waals surface area contributed by atoms with Crippen molar-refractivity contribution in [1.29, 1.82) is 0 Å². The second-order valence-electron chi connectivity index (χ2n) is 2.91. The smallest absolute Gasteiger partial charge is 0.0960 e. The Morgan fingerprint density at radius 3 is 2.79 bits per heavy atom. The molecule has 0 spiro atoms. The van der Waals surface area contributed by atoms with E-state index in [0.29, 0.717) is 0 Å². The molecule has 14 heavy (non-hydrogen) atoms. The lowest BCUT2D eigenvalue weighted by Crippen LogP contribution is -1.84. The van der Waals surface area contributed by atoms with Crippen LogP contribution in [0.2, 0.25) is 0 Å². The molecule has 0 unspecified atom stereocenters. The van der Waals surface area contributed by atoms with Gasteiger partial charge in [0, 0.05) is 16.5 Å². The SMILES string of the molecule is ClCCCCCSc1ccc(Br)cn1. The first kappa shape index (κ1) is 12.3. The molecule has 78 valence electrons. The van der Waals surface area contributed by atoms with E-state index in [1.807, 2.05) is 18.3 Å². The van der Waals surface area contributed by atoms with E-state index in [9.17, 15) is 0 Å². The number of nitrogens with zero attached hydrogens (tertiary/aromatic N) is 1. The molecule has 1 nitrogen and oxygen atoms in total. The molecule has 1 heterocycles. The lowest BCUT2D eigenvalue weighted by atomic mass is 10.3. The van der Waals surface area contributed by atoms with Gasteiger partial charge in [0.1, 0.15) is 0 Å². The molecule has 0 saturated carbocycles. The highest BCUT2D eigenvalue weighted by Gasteiger charge is 1.95. The van der Waals surface area contributed by atoms with Crippen molar-refractivity contribution in [2.24, 2.45) is 0 Å². The third-order valence-electron chi connectivity index (χ3n) is 1.73. The number of hydrogen-bond donors (Lipinski definition) is 0. The van der Waals surface area contributed by atoms with Gasteiger partial charge in [-0.15, -0.1) is 23.4 Å². The Morgan fingerprint density at radius 2 is 2.14 bits per heavy atom. The number of unbranched alkanes of at least 4 members (excludes halogenated alkanes) is 2. The van der Waals surface area contributed by atoms with E-state index in [1.54, 1.807) is 11.8 Å². The van der Waals surface area contributed by atoms with Gasteiger partial charge in [0.05, 0.1) is 5.03 Å². The highest BCUT2D eigenvalue weighted by atomic mass is 79.9. The summed E-state index contributed by atoms with van der Waals surface area (Å²) in [6.45, 7) is 0. The maximum atomic E-state index is 5.59. The molecular formula is C10H13BrClNS. The third kappa shape index (κ3) is 5.23. The molecule has 0 aliphatic rings. The fourth-order valence-corrected chi connectivity index (χ4v) is 2.27. The second-order valence-corrected chi connectivity index (χ2v) is 5.32. The first-order chi connectivity index (χ1) is 6.83. The van der Waals surface area contributed by atoms with Gasteiger partial charge in [-0.05, 0) is 46.7 Å². The maximum absolute atomic E-state index is 5.59. The highest BCUT2D eigenvalue weighted by molar-refractivity contribution is 9.10. The fraction of sp³-hybridized carbons (Fsp3) is 0.500. The molecule has 0 fully saturated rings. The van der Waals surface area contributed by atoms with Crippen molar-refractivity contribution in [3.63, 3.8) is 0 Å². The summed E-state index contributed by atoms with van der Waals surface area (Å²) in [5, 5.41) is 1.10. The Labute approximate surface area is 103 Å². The summed E-state index contributed by atoms with van der Waals surface area (Å²) >= 11 is 10.8. The van der Waals surface area contributed by atoms with Crippen molar-refractivity contribution in [3.8, 4) is 0 Å². The van der Waals surface area contributed by atoms with Crippen molar-refractivity contribution in [2.45, 2.75) is 24.3 Å². The summed E-state index contributed by atoms with van der Waals surface area (Å²) in [6, 6.07) is 4.06. The molecule has 0 N–H and O–H groups in total. The van der Waals surface area contributed by atoms with E-state index in [2.05, 4.69) is 20.9 Å². The Balaban J connectivity index is 2.15. The molecule has 0 atom stereocenters. The van der Waals surface area contributed by atoms with Gasteiger partial charge in [-0.3, -0.25) is 0 Å². The Kier molecular flexibility index (Phi) is 6.65. The van der Waals surface area contributed by atoms with Crippen LogP contribution in [-0.4, -0.2) is 16.6 Å². The number of thioether (sulfide) groups is 1. The van der Waals surface area contributed by atoms with Crippen molar-refractivity contribution < 1.29 is 0 Å². The van der Waals surface area contributed by atoms with E-state index in [1.165, 1.54) is 12.8 Å². The average molecular weight is 295 g/mol. The van der Waals surface area contributed by atoms with Crippen LogP contribution in [0.25, 0.3) is 0 Å². The average Bonchev–Trinajstić information content (AvgIpc) is 2.21. The highest BCUT2D eigenvalue weighted by Crippen LogP contribution is 2.18. The van der Waals surface area contributed by atoms with Gasteiger partial charge in [0.15, 0.2) is 0 Å². The van der Waals surface area contributed by atoms with Crippen molar-refractivity contribution in [2.75, 3.05) is 11.6 Å². The Morgan fingerprint density at radius 1 is 1.29 bits per heavy atom. The summed E-state index contributed by atoms with van der Waals surface area (Å²) in [5.74, 6) is 1.91. The third-order valence-corrected chi connectivity index (χ3v) is 3.49. The van der Waals surface area contributed by atoms with Crippen LogP contribution in [0.4, 0.5) is 0 Å². The molecule has 0 bridgehead atoms. The van der Waals surface area contributed by atoms with Crippen LogP contribution in [0.3, 0.4) is 0 Å². The minimum absolute atomic E-state index is 0.779. The van der Waals surface area contributed by atoms with Crippen LogP contribution < -0.4 is 0 Å². The molecule has 1 aromatic rings. The monoisotopic (exact) mass is 293 g/mol. The summed E-state index contributed by atoms with van der Waals surface area (Å²) in [7, 11) is 0. The molecule has 0 aromatic carbocycles. The summed E-state index contributed by atoms with van der Waals surface area (Å²) in [5.41, 5.74) is 0. The number of alkyl halides is 1. The summed E-state index contributed by atoms with van der Waals surface area (Å²) in [6.07, 6.45) is 5.39. The molecule has 0 amide bonds. The largest absolute Gasteiger partial charge is 0.249 e. The predicted octanol–water partition coefficient (Wildman–Crippen LogP) is 4.35. The predicted molar refractivity (Wildman–Crippen MR) is 67.2 cm³/mol. The minimum atomic E-state index is 0.779. The van der Waals surface area contributed by atoms with Crippen LogP contribution in [0.15, 0.2) is 27.8 Å². The van der Waals surface area contributed by atoms with Gasteiger partial charge in [-0.1, -0.05) is 6.42 Å². The number of aromatic nitrogens is 1. The number of halogens is 2. The molecule has 0 saturated heterocycles. The first-order valence-corrected chi connectivity index (χ1v) is 6.94. The van der Waals surface area contributed by atoms with E-state index in [4.69, 9.17) is 11.6 Å². The van der Waals surface area contributed by atoms with Crippen LogP contribution in [0.1, 0.15) is 19.3 Å². The lowest BCUT2D eigenvalue weighted by Gasteiger charge is -2.00. The fourth-order valence-electron chi connectivity index (χ4n) is 0.998. The van der Waals surface area contributed by atoms with Crippen LogP contribution in [-0.2, 0) is 0 Å². The quantitative estimate of drug-likeness (QED) is 0.439. The topological polar surface area (TPSA) is 12.9 Å². The number of rotatable bonds is 6. The molecule has 1 aromatic heterocycles. The van der Waals surface area contributed by atoms with Crippen LogP contribution in [0.5, 0.6) is 0 Å². The van der Waals surface area contributed by atoms with E-state index < -0.39 is 0 Å². The minimum Gasteiger partial charge on any atom is -0.249 e. The molecular weight excluding hydrogens is 282 g/mol. The van der Waals surface area contributed by atoms with Gasteiger partial charge >= 0.3 is 0 Å². The van der Waals surface area contributed by atoms with Gasteiger partial charge < -0.3 is 0 Å². The maximum Gasteiger partial charge on any atom is 0.0960 e. The molecule has 0 aliphatic heterocycles. The van der Waals surface area contributed by atoms with Gasteiger partial charge in [0.2, 0.25) is 0 Å². The number of pyridine rings is 1. The molecule has 0 aliphatic carbocycles. The number of hydrogen-bond acceptors (Lipinski definition) is 2. The Hall–Kier alpha value is 0.270. The summed E-state index contributed by atoms with van der Waals surface area (Å²) < 4.78 is 1.03. The second kappa shape index (κ2) is 7.55. The van der Waals surface area contributed by atoms with Crippen LogP contribution in [0, 0.1) is 0 Å². The molecule has 4 heteroatoms. The zero-order chi connectivity index (χ0) is 10.2. The van der Waals surface area contributed by atoms with E-state index >= 15 is 0 Å². The van der Waals surface area contributed by atoms with E-state index in [-0.39, 0.29) is 0 Å². The van der Waals surface area contributed by atoms with Gasteiger partial charge in [0.25, 0.3) is 0 Å². The normalized spacial score (nSPS) is 10.4. The Bertz CT molecular complexity index is 253. The zero-order valence-electron chi connectivity index (χ0n) is 7.88. The molecule has 0 radical (unpaired) electrons. The van der Waals surface area contributed by atoms with E-state index in [0.717, 1.165) is 27.6 Å². The first-order valence-electron chi connectivity index (χ1n) is 4.63. The van der Waals surface area contributed by atoms with Gasteiger partial charge in [-0.2, -0.15) is 0 Å². The molecule has 1 rings (SSSR count). The van der Waals surface area contributed by atoms with Crippen molar-refractivity contribution in [1.82, 2.24) is 4.98 Å². The zero-order valence-corrected chi connectivity index (χ0v) is 11.0. The van der Waals surface area contributed by atoms with Gasteiger partial charge in [-0.25, -0.2) is 4.98 Å². The van der Waals surface area contributed by atoms with Crippen molar-refractivity contribution in [3.05, 3.63) is 22.8 Å². The standard InChI is InChI=1S/C10H13BrClNS/c11-9-4-5-10(13-8-9)14-7-3-1-2-6-12/h4-5,8H,1-3,6-7H2. The van der Waals surface area contributed by atoms with Crippen molar-refractivity contribution >= 4 is 39.3 Å². The summed E-state index contributed by atoms with van der Waals surface area (Å²) in [4.78, 5) is 4.29. The lowest BCUT2D eigenvalue weighted by molar-refractivity contribution is 0.782. The van der Waals surface area contributed by atoms with Crippen LogP contribution >= 0.6 is 39.3 Å².